The van der Waals surface area contributed by atoms with Crippen LogP contribution in [0.5, 0.6) is 0 Å². The second-order valence-corrected chi connectivity index (χ2v) is 9.31. The van der Waals surface area contributed by atoms with Crippen LogP contribution in [0.2, 0.25) is 0 Å². The molecule has 0 unspecified atom stereocenters. The molecule has 0 bridgehead atoms. The molecular weight excluding hydrogens is 434 g/mol. The van der Waals surface area contributed by atoms with E-state index in [9.17, 15) is 27.6 Å². The van der Waals surface area contributed by atoms with Crippen molar-refractivity contribution in [3.8, 4) is 17.2 Å². The van der Waals surface area contributed by atoms with Gasteiger partial charge in [0.05, 0.1) is 12.1 Å². The Bertz CT molecular complexity index is 1030. The molecule has 8 heteroatoms. The summed E-state index contributed by atoms with van der Waals surface area (Å²) in [4.78, 5) is 13.7. The third-order valence-corrected chi connectivity index (χ3v) is 5.83. The highest BCUT2D eigenvalue weighted by Crippen LogP contribution is 2.50. The molecule has 0 aliphatic heterocycles. The van der Waals surface area contributed by atoms with Gasteiger partial charge in [-0.1, -0.05) is 54.1 Å². The first-order valence-corrected chi connectivity index (χ1v) is 10.7. The third-order valence-electron chi connectivity index (χ3n) is 5.83. The van der Waals surface area contributed by atoms with Gasteiger partial charge >= 0.3 is 6.18 Å². The zero-order chi connectivity index (χ0) is 24.6. The molecule has 2 N–H and O–H groups in total. The van der Waals surface area contributed by atoms with Crippen molar-refractivity contribution in [2.24, 2.45) is 5.73 Å². The molecule has 2 aromatic rings. The fourth-order valence-electron chi connectivity index (χ4n) is 3.99. The number of rotatable bonds is 7. The lowest BCUT2D eigenvalue weighted by atomic mass is 9.95. The van der Waals surface area contributed by atoms with Gasteiger partial charge in [-0.2, -0.15) is 18.4 Å². The Morgan fingerprint density at radius 3 is 1.94 bits per heavy atom. The number of hydrogen-bond acceptors (Lipinski definition) is 3. The maximum Gasteiger partial charge on any atom is 0.413 e. The van der Waals surface area contributed by atoms with Gasteiger partial charge in [-0.3, -0.25) is 4.79 Å². The number of halogens is 4. The molecule has 2 atom stereocenters. The number of alkyl halides is 4. The molecular formula is C25H27F4N3O. The van der Waals surface area contributed by atoms with Gasteiger partial charge in [0, 0.05) is 6.42 Å². The molecule has 176 valence electrons. The molecule has 33 heavy (non-hydrogen) atoms. The Morgan fingerprint density at radius 1 is 1.06 bits per heavy atom. The molecule has 1 amide bonds. The van der Waals surface area contributed by atoms with Crippen LogP contribution in [0.25, 0.3) is 11.1 Å². The van der Waals surface area contributed by atoms with E-state index < -0.39 is 41.8 Å². The predicted molar refractivity (Wildman–Crippen MR) is 118 cm³/mol. The average Bonchev–Trinajstić information content (AvgIpc) is 3.51. The van der Waals surface area contributed by atoms with Crippen molar-refractivity contribution < 1.29 is 22.4 Å². The molecule has 0 spiro atoms. The molecule has 2 aromatic carbocycles. The molecule has 1 aliphatic rings. The summed E-state index contributed by atoms with van der Waals surface area (Å²) < 4.78 is 57.2. The first-order chi connectivity index (χ1) is 15.3. The summed E-state index contributed by atoms with van der Waals surface area (Å²) in [6.07, 6.45) is -5.11. The lowest BCUT2D eigenvalue weighted by Gasteiger charge is -2.38. The summed E-state index contributed by atoms with van der Waals surface area (Å²) in [5, 5.41) is 9.64. The van der Waals surface area contributed by atoms with E-state index in [0.717, 1.165) is 16.7 Å². The van der Waals surface area contributed by atoms with Gasteiger partial charge in [0.15, 0.2) is 6.04 Å². The fraction of sp³-hybridized carbons (Fsp3) is 0.440. The van der Waals surface area contributed by atoms with Crippen molar-refractivity contribution in [3.05, 3.63) is 59.7 Å². The van der Waals surface area contributed by atoms with Gasteiger partial charge in [0.25, 0.3) is 0 Å². The second kappa shape index (κ2) is 8.79. The number of carbonyl (C=O) groups excluding carboxylic acids is 1. The van der Waals surface area contributed by atoms with Crippen LogP contribution in [0.4, 0.5) is 17.6 Å². The van der Waals surface area contributed by atoms with E-state index in [1.807, 2.05) is 37.3 Å². The molecule has 0 heterocycles. The largest absolute Gasteiger partial charge is 0.413 e. The number of nitrogens with zero attached hydrogens (tertiary/aromatic N) is 2. The smallest absolute Gasteiger partial charge is 0.320 e. The number of nitriles is 1. The van der Waals surface area contributed by atoms with Crippen LogP contribution in [0.1, 0.15) is 50.3 Å². The predicted octanol–water partition coefficient (Wildman–Crippen LogP) is 5.62. The van der Waals surface area contributed by atoms with E-state index in [-0.39, 0.29) is 18.4 Å². The Hall–Kier alpha value is -2.92. The van der Waals surface area contributed by atoms with Crippen LogP contribution in [0, 0.1) is 18.3 Å². The normalized spacial score (nSPS) is 17.1. The number of hydrogen-bond donors (Lipinski definition) is 1. The van der Waals surface area contributed by atoms with Crippen LogP contribution in [0.3, 0.4) is 0 Å². The SMILES string of the molecule is Cc1ccc(-c2ccc([C@H](N(C(=O)[C@@H](N)CC(C)(C)F)C3(C#N)CC3)C(F)(F)F)cc2)cc1. The Morgan fingerprint density at radius 2 is 1.55 bits per heavy atom. The zero-order valence-electron chi connectivity index (χ0n) is 18.8. The van der Waals surface area contributed by atoms with Crippen LogP contribution < -0.4 is 5.73 Å². The molecule has 0 radical (unpaired) electrons. The minimum absolute atomic E-state index is 0.106. The fourth-order valence-corrected chi connectivity index (χ4v) is 3.99. The molecule has 3 rings (SSSR count). The lowest BCUT2D eigenvalue weighted by Crippen LogP contribution is -2.55. The summed E-state index contributed by atoms with van der Waals surface area (Å²) in [7, 11) is 0. The Kier molecular flexibility index (Phi) is 6.58. The summed E-state index contributed by atoms with van der Waals surface area (Å²) in [6.45, 7) is 4.34. The first-order valence-electron chi connectivity index (χ1n) is 10.7. The second-order valence-electron chi connectivity index (χ2n) is 9.31. The van der Waals surface area contributed by atoms with Crippen molar-refractivity contribution >= 4 is 5.91 Å². The number of aryl methyl sites for hydroxylation is 1. The molecule has 0 aromatic heterocycles. The number of carbonyl (C=O) groups is 1. The van der Waals surface area contributed by atoms with Crippen LogP contribution in [-0.4, -0.2) is 34.2 Å². The zero-order valence-corrected chi connectivity index (χ0v) is 18.8. The van der Waals surface area contributed by atoms with Crippen molar-refractivity contribution in [1.29, 1.82) is 5.26 Å². The van der Waals surface area contributed by atoms with Crippen molar-refractivity contribution in [1.82, 2.24) is 4.90 Å². The standard InChI is InChI=1S/C25H27F4N3O/c1-16-4-6-17(7-5-16)18-8-10-19(11-9-18)21(25(27,28)29)32(24(15-30)12-13-24)22(33)20(31)14-23(2,3)26/h4-11,20-21H,12-14,31H2,1-3H3/t20-,21-/m0/s1. The van der Waals surface area contributed by atoms with E-state index >= 15 is 0 Å². The highest BCUT2D eigenvalue weighted by molar-refractivity contribution is 5.84. The van der Waals surface area contributed by atoms with E-state index in [1.165, 1.54) is 26.0 Å². The van der Waals surface area contributed by atoms with Gasteiger partial charge in [-0.25, -0.2) is 4.39 Å². The highest BCUT2D eigenvalue weighted by Gasteiger charge is 2.60. The summed E-state index contributed by atoms with van der Waals surface area (Å²) in [6, 6.07) is 11.3. The summed E-state index contributed by atoms with van der Waals surface area (Å²) >= 11 is 0. The van der Waals surface area contributed by atoms with Crippen molar-refractivity contribution in [3.63, 3.8) is 0 Å². The van der Waals surface area contributed by atoms with Crippen molar-refractivity contribution in [2.75, 3.05) is 0 Å². The van der Waals surface area contributed by atoms with E-state index in [0.29, 0.717) is 4.90 Å². The van der Waals surface area contributed by atoms with Gasteiger partial charge in [0.2, 0.25) is 5.91 Å². The molecule has 1 saturated carbocycles. The molecule has 1 aliphatic carbocycles. The Balaban J connectivity index is 2.02. The third kappa shape index (κ3) is 5.53. The molecule has 1 fully saturated rings. The van der Waals surface area contributed by atoms with Crippen molar-refractivity contribution in [2.45, 2.75) is 69.5 Å². The Labute approximate surface area is 191 Å². The van der Waals surface area contributed by atoms with E-state index in [2.05, 4.69) is 0 Å². The molecule has 4 nitrogen and oxygen atoms in total. The van der Waals surface area contributed by atoms with Gasteiger partial charge in [-0.05, 0) is 50.3 Å². The lowest BCUT2D eigenvalue weighted by molar-refractivity contribution is -0.198. The first kappa shape index (κ1) is 24.7. The van der Waals surface area contributed by atoms with Crippen LogP contribution in [-0.2, 0) is 4.79 Å². The number of amides is 1. The maximum absolute atomic E-state index is 14.4. The topological polar surface area (TPSA) is 70.1 Å². The minimum atomic E-state index is -4.86. The van der Waals surface area contributed by atoms with Gasteiger partial charge in [-0.15, -0.1) is 0 Å². The molecule has 0 saturated heterocycles. The maximum atomic E-state index is 14.4. The minimum Gasteiger partial charge on any atom is -0.320 e. The van der Waals surface area contributed by atoms with Crippen LogP contribution >= 0.6 is 0 Å². The van der Waals surface area contributed by atoms with E-state index in [1.54, 1.807) is 12.1 Å². The van der Waals surface area contributed by atoms with Gasteiger partial charge < -0.3 is 10.6 Å². The van der Waals surface area contributed by atoms with Gasteiger partial charge in [0.1, 0.15) is 11.2 Å². The summed E-state index contributed by atoms with van der Waals surface area (Å²) in [5.74, 6) is -1.08. The highest BCUT2D eigenvalue weighted by atomic mass is 19.4. The van der Waals surface area contributed by atoms with E-state index in [4.69, 9.17) is 5.73 Å². The summed E-state index contributed by atoms with van der Waals surface area (Å²) in [5.41, 5.74) is 4.82. The average molecular weight is 462 g/mol. The quantitative estimate of drug-likeness (QED) is 0.545. The number of nitrogens with two attached hydrogens (primary N) is 1. The van der Waals surface area contributed by atoms with Crippen LogP contribution in [0.15, 0.2) is 48.5 Å². The number of benzene rings is 2. The monoisotopic (exact) mass is 461 g/mol.